The molecule has 3 nitrogen and oxygen atoms in total. The van der Waals surface area contributed by atoms with Crippen molar-refractivity contribution in [3.63, 3.8) is 0 Å². The van der Waals surface area contributed by atoms with Crippen molar-refractivity contribution in [3.8, 4) is 0 Å². The Labute approximate surface area is 70.0 Å². The zero-order valence-electron chi connectivity index (χ0n) is 7.02. The fourth-order valence-corrected chi connectivity index (χ4v) is 5.03. The summed E-state index contributed by atoms with van der Waals surface area (Å²) in [4.78, 5) is 1.75. The number of nitrogens with one attached hydrogen (secondary N) is 1. The van der Waals surface area contributed by atoms with Gasteiger partial charge in [-0.3, -0.25) is 0 Å². The van der Waals surface area contributed by atoms with Gasteiger partial charge in [-0.2, -0.15) is 0 Å². The standard InChI is InChI=1S/3C2H5.HN3.Sn/c3*1-2;1-3-2;/h3*1H2,2H3;1H;. The molecule has 10 heavy (non-hydrogen) atoms. The van der Waals surface area contributed by atoms with E-state index in [1.165, 1.54) is 0 Å². The van der Waals surface area contributed by atoms with Crippen molar-refractivity contribution in [3.05, 3.63) is 10.4 Å². The summed E-state index contributed by atoms with van der Waals surface area (Å²) in [7, 11) is 0. The summed E-state index contributed by atoms with van der Waals surface area (Å²) in [5.74, 6) is 0. The van der Waals surface area contributed by atoms with Crippen molar-refractivity contribution in [1.29, 1.82) is 5.53 Å². The maximum Gasteiger partial charge on any atom is -0.00208 e. The van der Waals surface area contributed by atoms with Crippen LogP contribution in [0.2, 0.25) is 13.3 Å². The number of hydrogen-bond acceptors (Lipinski definition) is 1. The maximum absolute atomic E-state index is 6.86. The van der Waals surface area contributed by atoms with Gasteiger partial charge in [-0.25, -0.2) is 0 Å². The Hall–Kier alpha value is 0.109. The van der Waals surface area contributed by atoms with Gasteiger partial charge in [-0.05, 0) is 10.4 Å². The van der Waals surface area contributed by atoms with Gasteiger partial charge in [-0.15, -0.1) is 5.53 Å². The minimum absolute atomic E-state index is 0.653. The zero-order valence-corrected chi connectivity index (χ0v) is 9.87. The second-order valence-electron chi connectivity index (χ2n) is 1.91. The van der Waals surface area contributed by atoms with Gasteiger partial charge in [0, 0.05) is 0 Å². The number of rotatable bonds is 3. The van der Waals surface area contributed by atoms with Crippen LogP contribution >= 0.6 is 0 Å². The minimum atomic E-state index is -0.653. The molecule has 0 spiro atoms. The molecule has 59 valence electrons. The molecule has 0 heterocycles. The van der Waals surface area contributed by atoms with Crippen LogP contribution in [0.15, 0.2) is 0 Å². The Balaban J connectivity index is 0. The van der Waals surface area contributed by atoms with Crippen LogP contribution in [-0.4, -0.2) is 19.8 Å². The van der Waals surface area contributed by atoms with Gasteiger partial charge in [0.25, 0.3) is 0 Å². The van der Waals surface area contributed by atoms with Gasteiger partial charge in [-0.1, -0.05) is 0 Å². The molecule has 4 heteroatoms. The average molecular weight is 249 g/mol. The maximum atomic E-state index is 6.86. The van der Waals surface area contributed by atoms with E-state index < -0.39 is 19.8 Å². The molecule has 0 amide bonds. The molecule has 0 aromatic rings. The van der Waals surface area contributed by atoms with Crippen LogP contribution in [0, 0.1) is 5.53 Å². The van der Waals surface area contributed by atoms with Gasteiger partial charge < -0.3 is 0 Å². The van der Waals surface area contributed by atoms with E-state index in [4.69, 9.17) is 11.1 Å². The van der Waals surface area contributed by atoms with Gasteiger partial charge in [0.15, 0.2) is 0 Å². The Bertz CT molecular complexity index is 79.5. The van der Waals surface area contributed by atoms with Crippen molar-refractivity contribution in [2.75, 3.05) is 0 Å². The predicted octanol–water partition coefficient (Wildman–Crippen LogP) is 3.42. The van der Waals surface area contributed by atoms with Crippen molar-refractivity contribution >= 4 is 19.8 Å². The molecule has 0 aromatic heterocycles. The van der Waals surface area contributed by atoms with Crippen LogP contribution in [0.1, 0.15) is 20.8 Å². The Kier molecular flexibility index (Phi) is 15.1. The largest absolute Gasteiger partial charge is 0.108 e. The monoisotopic (exact) mass is 250 g/mol. The number of nitrogens with zero attached hydrogens (tertiary/aromatic N) is 2. The molecular formula is C6H16N3Sn. The summed E-state index contributed by atoms with van der Waals surface area (Å²) in [6, 6.07) is 0. The van der Waals surface area contributed by atoms with Crippen molar-refractivity contribution in [2.45, 2.75) is 34.1 Å². The van der Waals surface area contributed by atoms with E-state index in [0.29, 0.717) is 0 Å². The molecule has 0 aromatic carbocycles. The molecule has 0 aliphatic heterocycles. The van der Waals surface area contributed by atoms with Crippen LogP contribution in [0.4, 0.5) is 0 Å². The van der Waals surface area contributed by atoms with E-state index in [1.807, 2.05) is 0 Å². The van der Waals surface area contributed by atoms with Gasteiger partial charge >= 0.3 is 53.8 Å². The van der Waals surface area contributed by atoms with Crippen molar-refractivity contribution in [1.82, 2.24) is 0 Å². The van der Waals surface area contributed by atoms with E-state index >= 15 is 0 Å². The smallest absolute Gasteiger partial charge is 0.00208 e. The molecule has 0 aliphatic rings. The van der Waals surface area contributed by atoms with Crippen molar-refractivity contribution < 1.29 is 0 Å². The van der Waals surface area contributed by atoms with E-state index in [-0.39, 0.29) is 0 Å². The van der Waals surface area contributed by atoms with Crippen LogP contribution in [0.5, 0.6) is 0 Å². The molecular weight excluding hydrogens is 233 g/mol. The first-order chi connectivity index (χ1) is 4.76. The van der Waals surface area contributed by atoms with Crippen molar-refractivity contribution in [2.24, 2.45) is 0 Å². The van der Waals surface area contributed by atoms with Gasteiger partial charge in [0.2, 0.25) is 0 Å². The fourth-order valence-electron chi connectivity index (χ4n) is 0.750. The second-order valence-corrected chi connectivity index (χ2v) is 12.2. The predicted molar refractivity (Wildman–Crippen MR) is 46.6 cm³/mol. The first kappa shape index (κ1) is 12.8. The molecule has 0 saturated heterocycles. The Morgan fingerprint density at radius 3 is 1.40 bits per heavy atom. The molecule has 0 unspecified atom stereocenters. The van der Waals surface area contributed by atoms with Gasteiger partial charge in [0.05, 0.1) is 0 Å². The Morgan fingerprint density at radius 1 is 1.20 bits per heavy atom. The summed E-state index contributed by atoms with van der Waals surface area (Å²) in [5, 5.41) is 0. The first-order valence-electron chi connectivity index (χ1n) is 3.61. The van der Waals surface area contributed by atoms with Crippen LogP contribution in [0.25, 0.3) is 10.4 Å². The topological polar surface area (TPSA) is 60.3 Å². The molecule has 0 aliphatic carbocycles. The van der Waals surface area contributed by atoms with Gasteiger partial charge in [0.1, 0.15) is 0 Å². The molecule has 0 atom stereocenters. The third kappa shape index (κ3) is 11.0. The summed E-state index contributed by atoms with van der Waals surface area (Å²) in [6.45, 7) is 7.05. The summed E-state index contributed by atoms with van der Waals surface area (Å²) >= 11 is -0.653. The average Bonchev–Trinajstić information content (AvgIpc) is 1.93. The number of hydrogen-bond donors (Lipinski definition) is 1. The SMILES string of the molecule is C[CH2][Sn]([CH2]C)[CH2]C.[N-]=[N+]=N. The summed E-state index contributed by atoms with van der Waals surface area (Å²) in [5.41, 5.74) is 12.2. The minimum Gasteiger partial charge on any atom is -0.108 e. The van der Waals surface area contributed by atoms with E-state index in [9.17, 15) is 0 Å². The molecule has 0 fully saturated rings. The van der Waals surface area contributed by atoms with Crippen LogP contribution in [-0.2, 0) is 0 Å². The quantitative estimate of drug-likeness (QED) is 0.344. The fraction of sp³-hybridized carbons (Fsp3) is 1.00. The molecule has 0 rings (SSSR count). The van der Waals surface area contributed by atoms with Crippen LogP contribution < -0.4 is 0 Å². The summed E-state index contributed by atoms with van der Waals surface area (Å²) in [6.07, 6.45) is 0. The summed E-state index contributed by atoms with van der Waals surface area (Å²) < 4.78 is 4.65. The Morgan fingerprint density at radius 2 is 1.40 bits per heavy atom. The molecule has 0 saturated carbocycles. The van der Waals surface area contributed by atoms with E-state index in [0.717, 1.165) is 0 Å². The van der Waals surface area contributed by atoms with E-state index in [1.54, 1.807) is 18.2 Å². The zero-order chi connectivity index (χ0) is 8.41. The molecule has 1 N–H and O–H groups in total. The normalized spacial score (nSPS) is 8.00. The molecule has 0 bridgehead atoms. The van der Waals surface area contributed by atoms with E-state index in [2.05, 4.69) is 20.8 Å². The van der Waals surface area contributed by atoms with Crippen LogP contribution in [0.3, 0.4) is 0 Å². The first-order valence-corrected chi connectivity index (χ1v) is 9.66. The third-order valence-corrected chi connectivity index (χ3v) is 10.1. The molecule has 1 radical (unpaired) electrons. The third-order valence-electron chi connectivity index (χ3n) is 1.50. The second kappa shape index (κ2) is 11.9.